The van der Waals surface area contributed by atoms with Crippen LogP contribution in [0.2, 0.25) is 0 Å². The first-order chi connectivity index (χ1) is 7.90. The van der Waals surface area contributed by atoms with Gasteiger partial charge in [-0.1, -0.05) is 27.7 Å². The second-order valence-electron chi connectivity index (χ2n) is 4.70. The number of nitriles is 1. The maximum atomic E-state index is 11.4. The van der Waals surface area contributed by atoms with Gasteiger partial charge in [0.05, 0.1) is 6.07 Å². The first-order valence-electron chi connectivity index (χ1n) is 5.83. The number of carbonyl (C=O) groups is 2. The molecule has 96 valence electrons. The Hall–Kier alpha value is -1.57. The molecule has 0 fully saturated rings. The molecule has 0 rings (SSSR count). The van der Waals surface area contributed by atoms with Crippen LogP contribution in [0.4, 0.5) is 0 Å². The monoisotopic (exact) mass is 239 g/mol. The third kappa shape index (κ3) is 5.91. The van der Waals surface area contributed by atoms with Crippen molar-refractivity contribution in [3.63, 3.8) is 0 Å². The summed E-state index contributed by atoms with van der Waals surface area (Å²) >= 11 is 0. The van der Waals surface area contributed by atoms with E-state index in [4.69, 9.17) is 5.26 Å². The second kappa shape index (κ2) is 7.66. The Balaban J connectivity index is 4.13. The summed E-state index contributed by atoms with van der Waals surface area (Å²) in [6.45, 7) is 8.69. The zero-order chi connectivity index (χ0) is 13.4. The molecule has 17 heavy (non-hydrogen) atoms. The third-order valence-electron chi connectivity index (χ3n) is 2.75. The summed E-state index contributed by atoms with van der Waals surface area (Å²) in [4.78, 5) is 22.5. The molecular weight excluding hydrogens is 218 g/mol. The predicted octanol–water partition coefficient (Wildman–Crippen LogP) is 0.671. The van der Waals surface area contributed by atoms with E-state index >= 15 is 0 Å². The number of carbonyl (C=O) groups excluding carboxylic acids is 2. The Bertz CT molecular complexity index is 297. The van der Waals surface area contributed by atoms with Gasteiger partial charge in [0, 0.05) is 6.54 Å². The van der Waals surface area contributed by atoms with Crippen molar-refractivity contribution in [1.29, 1.82) is 5.26 Å². The van der Waals surface area contributed by atoms with Gasteiger partial charge in [-0.05, 0) is 17.8 Å². The molecule has 0 saturated carbocycles. The van der Waals surface area contributed by atoms with Crippen molar-refractivity contribution in [1.82, 2.24) is 10.6 Å². The first kappa shape index (κ1) is 15.4. The number of nitrogens with zero attached hydrogens (tertiary/aromatic N) is 1. The van der Waals surface area contributed by atoms with Crippen LogP contribution in [0.1, 0.15) is 27.7 Å². The minimum atomic E-state index is -0.752. The average Bonchev–Trinajstić information content (AvgIpc) is 2.24. The Kier molecular flexibility index (Phi) is 6.95. The summed E-state index contributed by atoms with van der Waals surface area (Å²) in [5.41, 5.74) is 0. The van der Waals surface area contributed by atoms with E-state index in [2.05, 4.69) is 38.3 Å². The molecule has 0 heterocycles. The highest BCUT2D eigenvalue weighted by atomic mass is 16.2. The van der Waals surface area contributed by atoms with E-state index in [1.807, 2.05) is 0 Å². The van der Waals surface area contributed by atoms with E-state index < -0.39 is 11.8 Å². The van der Waals surface area contributed by atoms with Crippen molar-refractivity contribution in [2.45, 2.75) is 27.7 Å². The summed E-state index contributed by atoms with van der Waals surface area (Å²) < 4.78 is 0. The molecule has 5 heteroatoms. The molecule has 0 bridgehead atoms. The molecule has 0 radical (unpaired) electrons. The van der Waals surface area contributed by atoms with E-state index in [1.165, 1.54) is 0 Å². The molecule has 0 aliphatic heterocycles. The summed E-state index contributed by atoms with van der Waals surface area (Å²) in [6, 6.07) is 1.74. The number of hydrogen-bond donors (Lipinski definition) is 2. The first-order valence-corrected chi connectivity index (χ1v) is 5.83. The number of nitrogens with one attached hydrogen (secondary N) is 2. The maximum absolute atomic E-state index is 11.4. The number of amides is 2. The van der Waals surface area contributed by atoms with Crippen molar-refractivity contribution >= 4 is 11.8 Å². The Morgan fingerprint density at radius 3 is 1.94 bits per heavy atom. The topological polar surface area (TPSA) is 82.0 Å². The lowest BCUT2D eigenvalue weighted by Gasteiger charge is -2.24. The smallest absolute Gasteiger partial charge is 0.310 e. The van der Waals surface area contributed by atoms with Gasteiger partial charge < -0.3 is 10.6 Å². The molecule has 0 aliphatic carbocycles. The van der Waals surface area contributed by atoms with Gasteiger partial charge in [-0.3, -0.25) is 9.59 Å². The third-order valence-corrected chi connectivity index (χ3v) is 2.75. The van der Waals surface area contributed by atoms with Crippen molar-refractivity contribution in [3.8, 4) is 6.07 Å². The highest BCUT2D eigenvalue weighted by molar-refractivity contribution is 6.35. The van der Waals surface area contributed by atoms with Gasteiger partial charge in [-0.15, -0.1) is 0 Å². The Morgan fingerprint density at radius 2 is 1.53 bits per heavy atom. The standard InChI is InChI=1S/C12H21N3O2/c1-8(2)10(9(3)4)7-15-12(17)11(16)14-6-5-13/h8-10H,6-7H2,1-4H3,(H,14,16)(H,15,17). The van der Waals surface area contributed by atoms with Crippen molar-refractivity contribution in [2.75, 3.05) is 13.1 Å². The molecular formula is C12H21N3O2. The fourth-order valence-corrected chi connectivity index (χ4v) is 1.73. The van der Waals surface area contributed by atoms with Gasteiger partial charge in [-0.25, -0.2) is 0 Å². The van der Waals surface area contributed by atoms with E-state index in [0.29, 0.717) is 24.3 Å². The molecule has 0 aromatic heterocycles. The van der Waals surface area contributed by atoms with Crippen LogP contribution in [0.3, 0.4) is 0 Å². The van der Waals surface area contributed by atoms with Crippen LogP contribution >= 0.6 is 0 Å². The highest BCUT2D eigenvalue weighted by Gasteiger charge is 2.20. The van der Waals surface area contributed by atoms with Crippen LogP contribution in [-0.4, -0.2) is 24.9 Å². The van der Waals surface area contributed by atoms with E-state index in [9.17, 15) is 9.59 Å². The lowest BCUT2D eigenvalue weighted by atomic mass is 9.85. The zero-order valence-corrected chi connectivity index (χ0v) is 10.9. The fourth-order valence-electron chi connectivity index (χ4n) is 1.73. The Labute approximate surface area is 103 Å². The van der Waals surface area contributed by atoms with Crippen LogP contribution in [-0.2, 0) is 9.59 Å². The largest absolute Gasteiger partial charge is 0.348 e. The molecule has 0 aromatic rings. The lowest BCUT2D eigenvalue weighted by Crippen LogP contribution is -2.43. The molecule has 0 aromatic carbocycles. The van der Waals surface area contributed by atoms with Gasteiger partial charge in [0.2, 0.25) is 0 Å². The van der Waals surface area contributed by atoms with Crippen molar-refractivity contribution in [3.05, 3.63) is 0 Å². The SMILES string of the molecule is CC(C)C(CNC(=O)C(=O)NCC#N)C(C)C. The molecule has 2 N–H and O–H groups in total. The second-order valence-corrected chi connectivity index (χ2v) is 4.70. The molecule has 0 aliphatic rings. The van der Waals surface area contributed by atoms with E-state index in [0.717, 1.165) is 0 Å². The minimum Gasteiger partial charge on any atom is -0.348 e. The molecule has 2 amide bonds. The van der Waals surface area contributed by atoms with Gasteiger partial charge in [0.25, 0.3) is 0 Å². The summed E-state index contributed by atoms with van der Waals surface area (Å²) in [5.74, 6) is -0.206. The maximum Gasteiger partial charge on any atom is 0.310 e. The summed E-state index contributed by atoms with van der Waals surface area (Å²) in [5, 5.41) is 13.1. The van der Waals surface area contributed by atoms with E-state index in [-0.39, 0.29) is 6.54 Å². The molecule has 0 saturated heterocycles. The van der Waals surface area contributed by atoms with Gasteiger partial charge in [-0.2, -0.15) is 5.26 Å². The average molecular weight is 239 g/mol. The van der Waals surface area contributed by atoms with E-state index in [1.54, 1.807) is 6.07 Å². The molecule has 0 spiro atoms. The molecule has 0 unspecified atom stereocenters. The van der Waals surface area contributed by atoms with Crippen molar-refractivity contribution < 1.29 is 9.59 Å². The Morgan fingerprint density at radius 1 is 1.06 bits per heavy atom. The highest BCUT2D eigenvalue weighted by Crippen LogP contribution is 2.19. The normalized spacial score (nSPS) is 10.5. The fraction of sp³-hybridized carbons (Fsp3) is 0.750. The van der Waals surface area contributed by atoms with Crippen LogP contribution in [0.25, 0.3) is 0 Å². The van der Waals surface area contributed by atoms with Gasteiger partial charge >= 0.3 is 11.8 Å². The number of rotatable bonds is 5. The predicted molar refractivity (Wildman–Crippen MR) is 64.8 cm³/mol. The molecule has 5 nitrogen and oxygen atoms in total. The van der Waals surface area contributed by atoms with Gasteiger partial charge in [0.1, 0.15) is 6.54 Å². The summed E-state index contributed by atoms with van der Waals surface area (Å²) in [6.07, 6.45) is 0. The van der Waals surface area contributed by atoms with Gasteiger partial charge in [0.15, 0.2) is 0 Å². The minimum absolute atomic E-state index is 0.149. The van der Waals surface area contributed by atoms with Crippen molar-refractivity contribution in [2.24, 2.45) is 17.8 Å². The van der Waals surface area contributed by atoms with Crippen LogP contribution < -0.4 is 10.6 Å². The zero-order valence-electron chi connectivity index (χ0n) is 10.9. The number of hydrogen-bond acceptors (Lipinski definition) is 3. The van der Waals surface area contributed by atoms with Crippen LogP contribution in [0.15, 0.2) is 0 Å². The molecule has 0 atom stereocenters. The summed E-state index contributed by atoms with van der Waals surface area (Å²) in [7, 11) is 0. The lowest BCUT2D eigenvalue weighted by molar-refractivity contribution is -0.139. The van der Waals surface area contributed by atoms with Crippen LogP contribution in [0.5, 0.6) is 0 Å². The van der Waals surface area contributed by atoms with Crippen LogP contribution in [0, 0.1) is 29.1 Å². The quantitative estimate of drug-likeness (QED) is 0.546.